The molecule has 0 saturated carbocycles. The number of nitrogens with zero attached hydrogens (tertiary/aromatic N) is 2. The van der Waals surface area contributed by atoms with Gasteiger partial charge in [-0.05, 0) is 30.5 Å². The van der Waals surface area contributed by atoms with E-state index in [4.69, 9.17) is 18.7 Å². The Balaban J connectivity index is 0.00000512. The molecule has 0 aliphatic rings. The predicted molar refractivity (Wildman–Crippen MR) is 110 cm³/mol. The zero-order valence-corrected chi connectivity index (χ0v) is 20.5. The summed E-state index contributed by atoms with van der Waals surface area (Å²) >= 11 is 0. The van der Waals surface area contributed by atoms with Crippen LogP contribution in [-0.4, -0.2) is 47.9 Å². The number of aryl methyl sites for hydroxylation is 2. The molecule has 1 aromatic heterocycles. The maximum atomic E-state index is 15.0. The first-order valence-corrected chi connectivity index (χ1v) is 9.28. The zero-order valence-electron chi connectivity index (χ0n) is 17.7. The molecule has 2 aromatic rings. The predicted octanol–water partition coefficient (Wildman–Crippen LogP) is 1.12. The Kier molecular flexibility index (Phi) is 10.2. The third-order valence-corrected chi connectivity index (χ3v) is 4.57. The Morgan fingerprint density at radius 1 is 1.25 bits per heavy atom. The van der Waals surface area contributed by atoms with E-state index < -0.39 is 30.9 Å². The van der Waals surface area contributed by atoms with Crippen LogP contribution in [0.1, 0.15) is 27.9 Å². The molecule has 167 valence electrons. The standard InChI is InChI=1S/C20H23BF2N4O4.Y/c1-11-5-12(2)19(27(31)16(11)7-17(24)28)26-10-20(22,23)15-4-3-14(21)6-13(15)8-25-9-18(29)30;/h3-6,25,31H,7-10H2,1-2H3,(H3,24,28,29,30);/p-1. The Bertz CT molecular complexity index is 1080. The molecular formula is C20H22BF2N4O4Y-. The van der Waals surface area contributed by atoms with E-state index in [9.17, 15) is 14.8 Å². The molecule has 8 nitrogen and oxygen atoms in total. The maximum absolute atomic E-state index is 15.0. The number of hydrogen-bond donors (Lipinski definition) is 3. The summed E-state index contributed by atoms with van der Waals surface area (Å²) in [7, 11) is 5.69. The third kappa shape index (κ3) is 7.21. The molecule has 0 atom stereocenters. The van der Waals surface area contributed by atoms with Gasteiger partial charge < -0.3 is 26.2 Å². The van der Waals surface area contributed by atoms with Crippen LogP contribution in [-0.2, 0) is 61.2 Å². The van der Waals surface area contributed by atoms with Gasteiger partial charge in [0.15, 0.2) is 5.49 Å². The van der Waals surface area contributed by atoms with Crippen LogP contribution >= 0.6 is 0 Å². The zero-order chi connectivity index (χ0) is 23.3. The topological polar surface area (TPSA) is 128 Å². The van der Waals surface area contributed by atoms with E-state index in [0.29, 0.717) is 15.9 Å². The quantitative estimate of drug-likeness (QED) is 0.338. The SMILES string of the molecule is [B]c1ccc(C(F)(F)CN=c2c(C)cc(C)c(CC([NH-])=O)n2O)c(CNCC(=O)O)c1.[Y]. The molecular weight excluding hydrogens is 498 g/mol. The monoisotopic (exact) mass is 520 g/mol. The molecule has 3 radical (unpaired) electrons. The van der Waals surface area contributed by atoms with E-state index in [0.717, 1.165) is 6.07 Å². The number of carboxylic acid groups (broad SMARTS) is 1. The second-order valence-corrected chi connectivity index (χ2v) is 7.13. The molecule has 2 rings (SSSR count). The molecule has 0 unspecified atom stereocenters. The van der Waals surface area contributed by atoms with Gasteiger partial charge in [0.2, 0.25) is 0 Å². The van der Waals surface area contributed by atoms with Crippen molar-refractivity contribution in [1.29, 1.82) is 0 Å². The van der Waals surface area contributed by atoms with Gasteiger partial charge in [-0.2, -0.15) is 13.5 Å². The van der Waals surface area contributed by atoms with Crippen molar-refractivity contribution in [1.82, 2.24) is 10.0 Å². The fraction of sp³-hybridized carbons (Fsp3) is 0.350. The minimum Gasteiger partial charge on any atom is -0.667 e. The molecule has 0 aliphatic heterocycles. The van der Waals surface area contributed by atoms with Gasteiger partial charge in [0.05, 0.1) is 18.1 Å². The van der Waals surface area contributed by atoms with Crippen molar-refractivity contribution >= 4 is 25.2 Å². The number of amides is 1. The first-order chi connectivity index (χ1) is 14.4. The normalized spacial score (nSPS) is 11.8. The Morgan fingerprint density at radius 2 is 1.91 bits per heavy atom. The van der Waals surface area contributed by atoms with Crippen LogP contribution in [0.15, 0.2) is 29.3 Å². The summed E-state index contributed by atoms with van der Waals surface area (Å²) in [5.74, 6) is -5.52. The minimum absolute atomic E-state index is 0. The number of carbonyl (C=O) groups excluding carboxylic acids is 1. The van der Waals surface area contributed by atoms with Gasteiger partial charge in [0.25, 0.3) is 5.92 Å². The van der Waals surface area contributed by atoms with Crippen LogP contribution in [0.3, 0.4) is 0 Å². The van der Waals surface area contributed by atoms with E-state index in [2.05, 4.69) is 10.3 Å². The number of benzene rings is 1. The number of hydrogen-bond acceptors (Lipinski definition) is 5. The second kappa shape index (κ2) is 11.7. The van der Waals surface area contributed by atoms with Gasteiger partial charge in [0.1, 0.15) is 14.4 Å². The summed E-state index contributed by atoms with van der Waals surface area (Å²) in [6.07, 6.45) is -0.390. The van der Waals surface area contributed by atoms with Gasteiger partial charge in [0, 0.05) is 51.2 Å². The molecule has 4 N–H and O–H groups in total. The second-order valence-electron chi connectivity index (χ2n) is 7.13. The summed E-state index contributed by atoms with van der Waals surface area (Å²) in [6.45, 7) is 1.65. The smallest absolute Gasteiger partial charge is 0.317 e. The van der Waals surface area contributed by atoms with Crippen molar-refractivity contribution in [2.24, 2.45) is 4.99 Å². The average molecular weight is 520 g/mol. The molecule has 1 heterocycles. The van der Waals surface area contributed by atoms with Gasteiger partial charge in [-0.25, -0.2) is 0 Å². The van der Waals surface area contributed by atoms with Crippen LogP contribution in [0, 0.1) is 13.8 Å². The van der Waals surface area contributed by atoms with Crippen molar-refractivity contribution in [3.8, 4) is 0 Å². The summed E-state index contributed by atoms with van der Waals surface area (Å²) in [5.41, 5.74) is 7.98. The van der Waals surface area contributed by atoms with E-state index >= 15 is 8.78 Å². The first kappa shape index (κ1) is 27.9. The summed E-state index contributed by atoms with van der Waals surface area (Å²) in [5, 5.41) is 21.7. The number of aliphatic carboxylic acids is 1. The number of rotatable bonds is 9. The van der Waals surface area contributed by atoms with Crippen LogP contribution in [0.4, 0.5) is 8.78 Å². The number of pyridine rings is 1. The minimum atomic E-state index is -3.45. The Morgan fingerprint density at radius 3 is 2.50 bits per heavy atom. The molecule has 0 spiro atoms. The molecule has 12 heteroatoms. The fourth-order valence-corrected chi connectivity index (χ4v) is 3.17. The molecule has 1 amide bonds. The van der Waals surface area contributed by atoms with Crippen molar-refractivity contribution in [2.75, 3.05) is 13.1 Å². The van der Waals surface area contributed by atoms with Crippen LogP contribution in [0.5, 0.6) is 0 Å². The number of carboxylic acids is 1. The van der Waals surface area contributed by atoms with Gasteiger partial charge in [-0.15, -0.1) is 0 Å². The van der Waals surface area contributed by atoms with E-state index in [-0.39, 0.29) is 73.4 Å². The van der Waals surface area contributed by atoms with E-state index in [1.807, 2.05) is 0 Å². The average Bonchev–Trinajstić information content (AvgIpc) is 2.64. The Labute approximate surface area is 210 Å². The van der Waals surface area contributed by atoms with Crippen LogP contribution in [0.25, 0.3) is 5.73 Å². The fourth-order valence-electron chi connectivity index (χ4n) is 3.17. The van der Waals surface area contributed by atoms with Crippen molar-refractivity contribution in [3.63, 3.8) is 0 Å². The van der Waals surface area contributed by atoms with Gasteiger partial charge in [-0.1, -0.05) is 29.7 Å². The van der Waals surface area contributed by atoms with Gasteiger partial charge >= 0.3 is 5.97 Å². The maximum Gasteiger partial charge on any atom is 0.317 e. The molecule has 0 bridgehead atoms. The van der Waals surface area contributed by atoms with Crippen molar-refractivity contribution < 1.29 is 61.4 Å². The molecule has 0 fully saturated rings. The third-order valence-electron chi connectivity index (χ3n) is 4.57. The number of aromatic nitrogens is 1. The van der Waals surface area contributed by atoms with Crippen LogP contribution < -0.4 is 16.3 Å². The Hall–Kier alpha value is -2.10. The number of carbonyl (C=O) groups is 2. The number of alkyl halides is 2. The molecule has 32 heavy (non-hydrogen) atoms. The van der Waals surface area contributed by atoms with Gasteiger partial charge in [-0.3, -0.25) is 9.79 Å². The summed E-state index contributed by atoms with van der Waals surface area (Å²) < 4.78 is 30.6. The van der Waals surface area contributed by atoms with Crippen molar-refractivity contribution in [3.05, 3.63) is 63.4 Å². The van der Waals surface area contributed by atoms with Crippen molar-refractivity contribution in [2.45, 2.75) is 32.7 Å². The number of halogens is 2. The molecule has 0 aliphatic carbocycles. The summed E-state index contributed by atoms with van der Waals surface area (Å²) in [6, 6.07) is 5.39. The largest absolute Gasteiger partial charge is 0.667 e. The molecule has 1 aromatic carbocycles. The first-order valence-electron chi connectivity index (χ1n) is 9.28. The van der Waals surface area contributed by atoms with E-state index in [1.54, 1.807) is 19.9 Å². The summed E-state index contributed by atoms with van der Waals surface area (Å²) in [4.78, 5) is 25.7. The number of nitrogens with one attached hydrogen (secondary N) is 2. The van der Waals surface area contributed by atoms with E-state index in [1.165, 1.54) is 12.1 Å². The van der Waals surface area contributed by atoms with Crippen LogP contribution in [0.2, 0.25) is 0 Å². The molecule has 0 saturated heterocycles.